The molecule has 1 aliphatic rings. The molecule has 2 aromatic rings. The van der Waals surface area contributed by atoms with Crippen molar-refractivity contribution in [3.8, 4) is 0 Å². The van der Waals surface area contributed by atoms with Gasteiger partial charge in [-0.3, -0.25) is 9.88 Å². The summed E-state index contributed by atoms with van der Waals surface area (Å²) >= 11 is 5.35. The van der Waals surface area contributed by atoms with Crippen molar-refractivity contribution in [2.75, 3.05) is 26.2 Å². The van der Waals surface area contributed by atoms with Crippen LogP contribution in [0.3, 0.4) is 0 Å². The number of nitrogens with zero attached hydrogens (tertiary/aromatic N) is 2. The van der Waals surface area contributed by atoms with E-state index >= 15 is 0 Å². The van der Waals surface area contributed by atoms with Gasteiger partial charge in [0.15, 0.2) is 0 Å². The third-order valence-corrected chi connectivity index (χ3v) is 4.73. The molecule has 0 amide bonds. The lowest BCUT2D eigenvalue weighted by atomic mass is 10.0. The summed E-state index contributed by atoms with van der Waals surface area (Å²) in [5, 5.41) is 5.56. The van der Waals surface area contributed by atoms with Gasteiger partial charge in [0.2, 0.25) is 0 Å². The zero-order chi connectivity index (χ0) is 13.1. The molecule has 100 valence electrons. The number of hydrogen-bond acceptors (Lipinski definition) is 4. The summed E-state index contributed by atoms with van der Waals surface area (Å²) in [6.45, 7) is 4.27. The average molecular weight is 338 g/mol. The first kappa shape index (κ1) is 13.2. The van der Waals surface area contributed by atoms with Crippen LogP contribution in [0, 0.1) is 0 Å². The fourth-order valence-electron chi connectivity index (χ4n) is 2.52. The fraction of sp³-hybridized carbons (Fsp3) is 0.357. The van der Waals surface area contributed by atoms with Gasteiger partial charge in [-0.1, -0.05) is 6.07 Å². The highest BCUT2D eigenvalue weighted by Crippen LogP contribution is 2.32. The number of hydrogen-bond donors (Lipinski definition) is 1. The van der Waals surface area contributed by atoms with Gasteiger partial charge in [0, 0.05) is 47.9 Å². The molecule has 1 atom stereocenters. The lowest BCUT2D eigenvalue weighted by Gasteiger charge is -2.34. The predicted octanol–water partition coefficient (Wildman–Crippen LogP) is 2.90. The summed E-state index contributed by atoms with van der Waals surface area (Å²) in [7, 11) is 0. The van der Waals surface area contributed by atoms with Crippen molar-refractivity contribution < 1.29 is 0 Å². The van der Waals surface area contributed by atoms with Crippen molar-refractivity contribution in [3.63, 3.8) is 0 Å². The Morgan fingerprint density at radius 2 is 2.16 bits per heavy atom. The molecule has 3 rings (SSSR count). The number of aromatic nitrogens is 1. The van der Waals surface area contributed by atoms with Crippen molar-refractivity contribution in [2.45, 2.75) is 6.04 Å². The maximum Gasteiger partial charge on any atom is 0.0712 e. The van der Waals surface area contributed by atoms with Crippen LogP contribution in [0.5, 0.6) is 0 Å². The first-order valence-corrected chi connectivity index (χ1v) is 8.10. The summed E-state index contributed by atoms with van der Waals surface area (Å²) in [4.78, 5) is 8.25. The van der Waals surface area contributed by atoms with Gasteiger partial charge in [-0.05, 0) is 39.0 Å². The summed E-state index contributed by atoms with van der Waals surface area (Å²) in [5.74, 6) is 0. The number of rotatable bonds is 3. The van der Waals surface area contributed by atoms with Crippen LogP contribution in [0.1, 0.15) is 16.5 Å². The smallest absolute Gasteiger partial charge is 0.0712 e. The molecule has 2 aromatic heterocycles. The van der Waals surface area contributed by atoms with Gasteiger partial charge in [-0.2, -0.15) is 0 Å². The van der Waals surface area contributed by atoms with Crippen LogP contribution in [-0.4, -0.2) is 36.1 Å². The zero-order valence-electron chi connectivity index (χ0n) is 10.6. The van der Waals surface area contributed by atoms with E-state index in [9.17, 15) is 0 Å². The quantitative estimate of drug-likeness (QED) is 0.933. The topological polar surface area (TPSA) is 28.2 Å². The molecule has 3 nitrogen and oxygen atoms in total. The normalized spacial score (nSPS) is 18.4. The van der Waals surface area contributed by atoms with E-state index in [1.165, 1.54) is 10.4 Å². The molecule has 1 N–H and O–H groups in total. The van der Waals surface area contributed by atoms with Crippen LogP contribution in [0.15, 0.2) is 40.4 Å². The van der Waals surface area contributed by atoms with Crippen LogP contribution >= 0.6 is 27.3 Å². The number of piperazine rings is 1. The van der Waals surface area contributed by atoms with Crippen LogP contribution in [0.25, 0.3) is 0 Å². The number of nitrogens with one attached hydrogen (secondary N) is 1. The van der Waals surface area contributed by atoms with Gasteiger partial charge in [0.25, 0.3) is 0 Å². The number of halogens is 1. The van der Waals surface area contributed by atoms with E-state index in [1.54, 1.807) is 0 Å². The summed E-state index contributed by atoms with van der Waals surface area (Å²) in [6.07, 6.45) is 3.82. The Labute approximate surface area is 125 Å². The second kappa shape index (κ2) is 6.13. The molecule has 19 heavy (non-hydrogen) atoms. The van der Waals surface area contributed by atoms with Crippen LogP contribution in [0.4, 0.5) is 0 Å². The molecule has 0 bridgehead atoms. The third kappa shape index (κ3) is 3.05. The molecule has 0 unspecified atom stereocenters. The van der Waals surface area contributed by atoms with Crippen LogP contribution in [0.2, 0.25) is 0 Å². The molecule has 0 aromatic carbocycles. The fourth-order valence-corrected chi connectivity index (χ4v) is 3.79. The monoisotopic (exact) mass is 337 g/mol. The Morgan fingerprint density at radius 1 is 1.32 bits per heavy atom. The molecular weight excluding hydrogens is 322 g/mol. The second-order valence-electron chi connectivity index (χ2n) is 4.64. The Bertz CT molecular complexity index is 523. The minimum absolute atomic E-state index is 0.326. The largest absolute Gasteiger partial charge is 0.314 e. The van der Waals surface area contributed by atoms with Crippen molar-refractivity contribution in [1.29, 1.82) is 0 Å². The highest BCUT2D eigenvalue weighted by atomic mass is 79.9. The van der Waals surface area contributed by atoms with Crippen LogP contribution in [-0.2, 0) is 0 Å². The number of thiophene rings is 1. The predicted molar refractivity (Wildman–Crippen MR) is 82.5 cm³/mol. The zero-order valence-corrected chi connectivity index (χ0v) is 13.0. The maximum atomic E-state index is 4.33. The van der Waals surface area contributed by atoms with Crippen molar-refractivity contribution >= 4 is 27.3 Å². The Kier molecular flexibility index (Phi) is 4.28. The van der Waals surface area contributed by atoms with Crippen molar-refractivity contribution in [1.82, 2.24) is 15.2 Å². The van der Waals surface area contributed by atoms with Gasteiger partial charge < -0.3 is 5.32 Å². The molecule has 1 fully saturated rings. The Morgan fingerprint density at radius 3 is 2.84 bits per heavy atom. The van der Waals surface area contributed by atoms with Gasteiger partial charge in [0.1, 0.15) is 0 Å². The molecule has 0 saturated carbocycles. The van der Waals surface area contributed by atoms with E-state index < -0.39 is 0 Å². The first-order valence-electron chi connectivity index (χ1n) is 6.43. The molecule has 0 spiro atoms. The van der Waals surface area contributed by atoms with Crippen molar-refractivity contribution in [3.05, 3.63) is 50.9 Å². The van der Waals surface area contributed by atoms with Crippen LogP contribution < -0.4 is 5.32 Å². The molecule has 5 heteroatoms. The second-order valence-corrected chi connectivity index (χ2v) is 6.54. The molecule has 1 aliphatic heterocycles. The average Bonchev–Trinajstić information content (AvgIpc) is 2.94. The third-order valence-electron chi connectivity index (χ3n) is 3.37. The molecule has 0 aliphatic carbocycles. The van der Waals surface area contributed by atoms with Gasteiger partial charge in [-0.25, -0.2) is 0 Å². The summed E-state index contributed by atoms with van der Waals surface area (Å²) in [6, 6.07) is 6.85. The van der Waals surface area contributed by atoms with Gasteiger partial charge in [-0.15, -0.1) is 11.3 Å². The first-order chi connectivity index (χ1) is 9.34. The lowest BCUT2D eigenvalue weighted by Crippen LogP contribution is -2.45. The van der Waals surface area contributed by atoms with Crippen molar-refractivity contribution in [2.24, 2.45) is 0 Å². The summed E-state index contributed by atoms with van der Waals surface area (Å²) < 4.78 is 1.04. The van der Waals surface area contributed by atoms with E-state index in [2.05, 4.69) is 54.7 Å². The Hall–Kier alpha value is -0.750. The van der Waals surface area contributed by atoms with Gasteiger partial charge in [0.05, 0.1) is 6.04 Å². The van der Waals surface area contributed by atoms with E-state index in [1.807, 2.05) is 23.7 Å². The number of pyridine rings is 1. The summed E-state index contributed by atoms with van der Waals surface area (Å²) in [5.41, 5.74) is 1.26. The molecule has 1 saturated heterocycles. The minimum Gasteiger partial charge on any atom is -0.314 e. The molecule has 3 heterocycles. The molecular formula is C14H16BrN3S. The lowest BCUT2D eigenvalue weighted by molar-refractivity contribution is 0.200. The minimum atomic E-state index is 0.326. The standard InChI is InChI=1S/C14H16BrN3S/c15-12-8-11(9-17-10-12)14(13-2-1-7-19-13)18-5-3-16-4-6-18/h1-2,7-10,14,16H,3-6H2/t14-/m1/s1. The Balaban J connectivity index is 1.96. The van der Waals surface area contributed by atoms with E-state index in [4.69, 9.17) is 0 Å². The van der Waals surface area contributed by atoms with E-state index in [0.29, 0.717) is 6.04 Å². The van der Waals surface area contributed by atoms with E-state index in [-0.39, 0.29) is 0 Å². The maximum absolute atomic E-state index is 4.33. The van der Waals surface area contributed by atoms with Gasteiger partial charge >= 0.3 is 0 Å². The highest BCUT2D eigenvalue weighted by molar-refractivity contribution is 9.10. The van der Waals surface area contributed by atoms with E-state index in [0.717, 1.165) is 30.7 Å². The molecule has 0 radical (unpaired) electrons. The highest BCUT2D eigenvalue weighted by Gasteiger charge is 2.24. The SMILES string of the molecule is Brc1cncc([C@H](c2cccs2)N2CCNCC2)c1.